The van der Waals surface area contributed by atoms with Crippen LogP contribution >= 0.6 is 11.6 Å². The number of nitrogens with one attached hydrogen (secondary N) is 1. The maximum atomic E-state index is 12.9. The van der Waals surface area contributed by atoms with Gasteiger partial charge in [0.05, 0.1) is 11.0 Å². The Hall–Kier alpha value is -1.55. The summed E-state index contributed by atoms with van der Waals surface area (Å²) >= 11 is 6.00. The molecule has 3 rings (SSSR count). The first-order valence-electron chi connectivity index (χ1n) is 8.59. The molecule has 2 saturated heterocycles. The van der Waals surface area contributed by atoms with Crippen molar-refractivity contribution in [3.8, 4) is 0 Å². The van der Waals surface area contributed by atoms with E-state index in [1.54, 1.807) is 0 Å². The SMILES string of the molecule is CC(C)(CCl)C(=O)N1C[C@@H](c2ccccc2)[C@@]2(CCCC(=O)N2)C1. The molecule has 130 valence electrons. The van der Waals surface area contributed by atoms with Gasteiger partial charge in [-0.25, -0.2) is 0 Å². The monoisotopic (exact) mass is 348 g/mol. The molecule has 2 aliphatic rings. The summed E-state index contributed by atoms with van der Waals surface area (Å²) in [4.78, 5) is 26.9. The minimum atomic E-state index is -0.590. The van der Waals surface area contributed by atoms with E-state index in [0.29, 0.717) is 19.5 Å². The molecule has 2 fully saturated rings. The Morgan fingerprint density at radius 3 is 2.71 bits per heavy atom. The molecule has 2 aliphatic heterocycles. The van der Waals surface area contributed by atoms with Crippen molar-refractivity contribution in [1.29, 1.82) is 0 Å². The second kappa shape index (κ2) is 6.40. The molecule has 0 aliphatic carbocycles. The molecule has 2 atom stereocenters. The Bertz CT molecular complexity index is 632. The Labute approximate surface area is 148 Å². The highest BCUT2D eigenvalue weighted by Gasteiger charge is 2.51. The van der Waals surface area contributed by atoms with Crippen molar-refractivity contribution in [2.24, 2.45) is 5.41 Å². The molecular weight excluding hydrogens is 324 g/mol. The van der Waals surface area contributed by atoms with Crippen molar-refractivity contribution < 1.29 is 9.59 Å². The zero-order chi connectivity index (χ0) is 17.4. The molecule has 0 aromatic heterocycles. The maximum Gasteiger partial charge on any atom is 0.229 e. The van der Waals surface area contributed by atoms with Crippen LogP contribution in [0, 0.1) is 5.41 Å². The lowest BCUT2D eigenvalue weighted by atomic mass is 9.76. The third-order valence-electron chi connectivity index (χ3n) is 5.36. The standard InChI is InChI=1S/C19H25ClN2O2/c1-18(2,12-20)17(24)22-11-15(14-7-4-3-5-8-14)19(13-22)10-6-9-16(23)21-19/h3-5,7-8,15H,6,9-13H2,1-2H3,(H,21,23)/t15-,19+/m0/s1. The summed E-state index contributed by atoms with van der Waals surface area (Å²) in [5, 5.41) is 3.23. The van der Waals surface area contributed by atoms with Gasteiger partial charge in [-0.1, -0.05) is 30.3 Å². The van der Waals surface area contributed by atoms with Crippen LogP contribution in [0.3, 0.4) is 0 Å². The maximum absolute atomic E-state index is 12.9. The smallest absolute Gasteiger partial charge is 0.229 e. The van der Waals surface area contributed by atoms with E-state index in [-0.39, 0.29) is 29.2 Å². The average Bonchev–Trinajstić information content (AvgIpc) is 2.93. The quantitative estimate of drug-likeness (QED) is 0.854. The number of hydrogen-bond donors (Lipinski definition) is 1. The third-order valence-corrected chi connectivity index (χ3v) is 6.03. The number of nitrogens with zero attached hydrogens (tertiary/aromatic N) is 1. The number of amides is 2. The third kappa shape index (κ3) is 3.04. The molecule has 0 unspecified atom stereocenters. The van der Waals surface area contributed by atoms with Crippen LogP contribution in [0.15, 0.2) is 30.3 Å². The second-order valence-corrected chi connectivity index (χ2v) is 7.99. The van der Waals surface area contributed by atoms with E-state index in [1.807, 2.05) is 36.9 Å². The van der Waals surface area contributed by atoms with Gasteiger partial charge in [0.25, 0.3) is 0 Å². The number of hydrogen-bond acceptors (Lipinski definition) is 2. The summed E-state index contributed by atoms with van der Waals surface area (Å²) in [7, 11) is 0. The molecule has 5 heteroatoms. The first-order valence-corrected chi connectivity index (χ1v) is 9.13. The normalized spacial score (nSPS) is 27.4. The Balaban J connectivity index is 1.93. The highest BCUT2D eigenvalue weighted by Crippen LogP contribution is 2.42. The van der Waals surface area contributed by atoms with Crippen LogP contribution in [-0.4, -0.2) is 41.2 Å². The lowest BCUT2D eigenvalue weighted by Gasteiger charge is -2.39. The van der Waals surface area contributed by atoms with Crippen molar-refractivity contribution in [3.05, 3.63) is 35.9 Å². The number of carbonyl (C=O) groups excluding carboxylic acids is 2. The highest BCUT2D eigenvalue weighted by atomic mass is 35.5. The number of piperidine rings is 1. The minimum absolute atomic E-state index is 0.0649. The van der Waals surface area contributed by atoms with Gasteiger partial charge in [0.2, 0.25) is 11.8 Å². The summed E-state index contributed by atoms with van der Waals surface area (Å²) in [6.45, 7) is 4.95. The van der Waals surface area contributed by atoms with E-state index in [0.717, 1.165) is 12.8 Å². The number of likely N-dealkylation sites (tertiary alicyclic amines) is 1. The molecule has 1 aromatic carbocycles. The number of rotatable bonds is 3. The molecule has 1 spiro atoms. The van der Waals surface area contributed by atoms with Crippen molar-refractivity contribution >= 4 is 23.4 Å². The molecule has 4 nitrogen and oxygen atoms in total. The fraction of sp³-hybridized carbons (Fsp3) is 0.579. The molecule has 24 heavy (non-hydrogen) atoms. The number of halogens is 1. The van der Waals surface area contributed by atoms with Gasteiger partial charge < -0.3 is 10.2 Å². The second-order valence-electron chi connectivity index (χ2n) is 7.72. The molecular formula is C19H25ClN2O2. The van der Waals surface area contributed by atoms with Crippen molar-refractivity contribution in [3.63, 3.8) is 0 Å². The molecule has 1 N–H and O–H groups in total. The minimum Gasteiger partial charge on any atom is -0.348 e. The number of carbonyl (C=O) groups is 2. The number of benzene rings is 1. The van der Waals surface area contributed by atoms with Crippen molar-refractivity contribution in [1.82, 2.24) is 10.2 Å². The first-order chi connectivity index (χ1) is 11.4. The van der Waals surface area contributed by atoms with Crippen LogP contribution in [0.1, 0.15) is 44.6 Å². The van der Waals surface area contributed by atoms with E-state index < -0.39 is 5.41 Å². The van der Waals surface area contributed by atoms with Gasteiger partial charge in [0.1, 0.15) is 0 Å². The summed E-state index contributed by atoms with van der Waals surface area (Å²) in [6, 6.07) is 10.2. The van der Waals surface area contributed by atoms with Gasteiger partial charge in [0, 0.05) is 31.3 Å². The number of alkyl halides is 1. The molecule has 2 amide bonds. The molecule has 1 aromatic rings. The van der Waals surface area contributed by atoms with Crippen LogP contribution in [0.25, 0.3) is 0 Å². The van der Waals surface area contributed by atoms with Crippen LogP contribution in [0.5, 0.6) is 0 Å². The molecule has 0 radical (unpaired) electrons. The van der Waals surface area contributed by atoms with Crippen molar-refractivity contribution in [2.45, 2.75) is 44.6 Å². The van der Waals surface area contributed by atoms with Gasteiger partial charge in [-0.2, -0.15) is 0 Å². The van der Waals surface area contributed by atoms with E-state index in [4.69, 9.17) is 11.6 Å². The molecule has 0 bridgehead atoms. The molecule has 2 heterocycles. The average molecular weight is 349 g/mol. The summed E-state index contributed by atoms with van der Waals surface area (Å²) < 4.78 is 0. The predicted molar refractivity (Wildman–Crippen MR) is 95.0 cm³/mol. The largest absolute Gasteiger partial charge is 0.348 e. The summed E-state index contributed by atoms with van der Waals surface area (Å²) in [5.74, 6) is 0.568. The fourth-order valence-electron chi connectivity index (χ4n) is 4.01. The van der Waals surface area contributed by atoms with E-state index in [9.17, 15) is 9.59 Å². The van der Waals surface area contributed by atoms with Crippen LogP contribution < -0.4 is 5.32 Å². The lowest BCUT2D eigenvalue weighted by molar-refractivity contribution is -0.139. The van der Waals surface area contributed by atoms with E-state index in [1.165, 1.54) is 5.56 Å². The van der Waals surface area contributed by atoms with Crippen LogP contribution in [-0.2, 0) is 9.59 Å². The highest BCUT2D eigenvalue weighted by molar-refractivity contribution is 6.19. The first kappa shape index (κ1) is 17.3. The predicted octanol–water partition coefficient (Wildman–Crippen LogP) is 2.92. The van der Waals surface area contributed by atoms with Crippen LogP contribution in [0.4, 0.5) is 0 Å². The van der Waals surface area contributed by atoms with Gasteiger partial charge in [-0.15, -0.1) is 11.6 Å². The zero-order valence-electron chi connectivity index (χ0n) is 14.3. The van der Waals surface area contributed by atoms with Gasteiger partial charge in [0.15, 0.2) is 0 Å². The van der Waals surface area contributed by atoms with Crippen molar-refractivity contribution in [2.75, 3.05) is 19.0 Å². The topological polar surface area (TPSA) is 49.4 Å². The Kier molecular flexibility index (Phi) is 4.60. The van der Waals surface area contributed by atoms with E-state index >= 15 is 0 Å². The lowest BCUT2D eigenvalue weighted by Crippen LogP contribution is -2.56. The Morgan fingerprint density at radius 1 is 1.38 bits per heavy atom. The van der Waals surface area contributed by atoms with Crippen LogP contribution in [0.2, 0.25) is 0 Å². The zero-order valence-corrected chi connectivity index (χ0v) is 15.1. The summed E-state index contributed by atoms with van der Waals surface area (Å²) in [6.07, 6.45) is 2.35. The fourth-order valence-corrected chi connectivity index (χ4v) is 4.12. The summed E-state index contributed by atoms with van der Waals surface area (Å²) in [5.41, 5.74) is 0.237. The van der Waals surface area contributed by atoms with Gasteiger partial charge in [-0.3, -0.25) is 9.59 Å². The Morgan fingerprint density at radius 2 is 2.08 bits per heavy atom. The van der Waals surface area contributed by atoms with Gasteiger partial charge >= 0.3 is 0 Å². The molecule has 0 saturated carbocycles. The van der Waals surface area contributed by atoms with Gasteiger partial charge in [-0.05, 0) is 32.3 Å². The van der Waals surface area contributed by atoms with E-state index in [2.05, 4.69) is 17.4 Å².